The molecule has 12 heavy (non-hydrogen) atoms. The standard InChI is InChI=1S/C10H13NO/c1-8-9(5-3-7-11)4-2-6-10(8)12/h2-6,12H,7,11H2,1H3/b5-3+. The second kappa shape index (κ2) is 3.93. The van der Waals surface area contributed by atoms with Crippen LogP contribution in [0.3, 0.4) is 0 Å². The van der Waals surface area contributed by atoms with Crippen LogP contribution in [0.2, 0.25) is 0 Å². The zero-order valence-corrected chi connectivity index (χ0v) is 7.12. The van der Waals surface area contributed by atoms with Crippen molar-refractivity contribution in [3.8, 4) is 5.75 Å². The summed E-state index contributed by atoms with van der Waals surface area (Å²) < 4.78 is 0. The number of nitrogens with two attached hydrogens (primary N) is 1. The molecule has 0 atom stereocenters. The molecule has 0 aromatic heterocycles. The van der Waals surface area contributed by atoms with Crippen LogP contribution < -0.4 is 5.73 Å². The molecular weight excluding hydrogens is 150 g/mol. The molecule has 0 spiro atoms. The van der Waals surface area contributed by atoms with E-state index >= 15 is 0 Å². The number of rotatable bonds is 2. The highest BCUT2D eigenvalue weighted by Crippen LogP contribution is 2.20. The summed E-state index contributed by atoms with van der Waals surface area (Å²) >= 11 is 0. The summed E-state index contributed by atoms with van der Waals surface area (Å²) in [6.45, 7) is 2.40. The molecule has 0 bridgehead atoms. The summed E-state index contributed by atoms with van der Waals surface area (Å²) in [7, 11) is 0. The van der Waals surface area contributed by atoms with Gasteiger partial charge in [-0.25, -0.2) is 0 Å². The van der Waals surface area contributed by atoms with Crippen molar-refractivity contribution in [2.45, 2.75) is 6.92 Å². The lowest BCUT2D eigenvalue weighted by atomic mass is 10.1. The van der Waals surface area contributed by atoms with E-state index in [0.29, 0.717) is 12.3 Å². The molecule has 1 rings (SSSR count). The third kappa shape index (κ3) is 1.86. The molecule has 0 radical (unpaired) electrons. The topological polar surface area (TPSA) is 46.2 Å². The first-order chi connectivity index (χ1) is 5.75. The Bertz CT molecular complexity index is 292. The van der Waals surface area contributed by atoms with E-state index < -0.39 is 0 Å². The number of phenolic OH excluding ortho intramolecular Hbond substituents is 1. The lowest BCUT2D eigenvalue weighted by molar-refractivity contribution is 0.471. The number of phenols is 1. The van der Waals surface area contributed by atoms with E-state index in [2.05, 4.69) is 0 Å². The van der Waals surface area contributed by atoms with Crippen molar-refractivity contribution in [2.75, 3.05) is 6.54 Å². The summed E-state index contributed by atoms with van der Waals surface area (Å²) in [5, 5.41) is 9.33. The van der Waals surface area contributed by atoms with Crippen LogP contribution in [0.1, 0.15) is 11.1 Å². The average Bonchev–Trinajstić information content (AvgIpc) is 2.08. The van der Waals surface area contributed by atoms with E-state index in [1.165, 1.54) is 0 Å². The molecule has 0 amide bonds. The first-order valence-electron chi connectivity index (χ1n) is 3.91. The van der Waals surface area contributed by atoms with Gasteiger partial charge in [0.2, 0.25) is 0 Å². The van der Waals surface area contributed by atoms with E-state index in [1.807, 2.05) is 31.2 Å². The molecule has 0 aliphatic carbocycles. The molecule has 2 heteroatoms. The van der Waals surface area contributed by atoms with Crippen LogP contribution >= 0.6 is 0 Å². The molecule has 0 aliphatic rings. The van der Waals surface area contributed by atoms with Crippen molar-refractivity contribution in [3.63, 3.8) is 0 Å². The van der Waals surface area contributed by atoms with Crippen molar-refractivity contribution in [1.29, 1.82) is 0 Å². The van der Waals surface area contributed by atoms with Crippen molar-refractivity contribution in [1.82, 2.24) is 0 Å². The Morgan fingerprint density at radius 3 is 2.92 bits per heavy atom. The van der Waals surface area contributed by atoms with Gasteiger partial charge in [-0.2, -0.15) is 0 Å². The average molecular weight is 163 g/mol. The van der Waals surface area contributed by atoms with E-state index in [9.17, 15) is 5.11 Å². The van der Waals surface area contributed by atoms with Crippen molar-refractivity contribution in [3.05, 3.63) is 35.4 Å². The monoisotopic (exact) mass is 163 g/mol. The van der Waals surface area contributed by atoms with E-state index in [1.54, 1.807) is 6.07 Å². The first-order valence-corrected chi connectivity index (χ1v) is 3.91. The minimum atomic E-state index is 0.328. The number of aromatic hydroxyl groups is 1. The lowest BCUT2D eigenvalue weighted by Crippen LogP contribution is -1.92. The highest BCUT2D eigenvalue weighted by molar-refractivity contribution is 5.57. The Morgan fingerprint density at radius 1 is 1.50 bits per heavy atom. The van der Waals surface area contributed by atoms with Gasteiger partial charge in [0.25, 0.3) is 0 Å². The van der Waals surface area contributed by atoms with Crippen molar-refractivity contribution in [2.24, 2.45) is 5.73 Å². The Morgan fingerprint density at radius 2 is 2.25 bits per heavy atom. The van der Waals surface area contributed by atoms with E-state index in [0.717, 1.165) is 11.1 Å². The Hall–Kier alpha value is -1.28. The summed E-state index contributed by atoms with van der Waals surface area (Å²) in [4.78, 5) is 0. The molecule has 0 fully saturated rings. The molecule has 1 aromatic carbocycles. The molecule has 0 saturated carbocycles. The number of hydrogen-bond acceptors (Lipinski definition) is 2. The van der Waals surface area contributed by atoms with Gasteiger partial charge < -0.3 is 10.8 Å². The molecule has 0 aliphatic heterocycles. The zero-order valence-electron chi connectivity index (χ0n) is 7.12. The summed E-state index contributed by atoms with van der Waals surface area (Å²) in [5.74, 6) is 0.328. The summed E-state index contributed by atoms with van der Waals surface area (Å²) in [6, 6.07) is 5.44. The maximum Gasteiger partial charge on any atom is 0.119 e. The molecule has 1 aromatic rings. The van der Waals surface area contributed by atoms with E-state index in [-0.39, 0.29) is 0 Å². The normalized spacial score (nSPS) is 10.8. The van der Waals surface area contributed by atoms with Crippen molar-refractivity contribution < 1.29 is 5.11 Å². The second-order valence-corrected chi connectivity index (χ2v) is 2.63. The van der Waals surface area contributed by atoms with Gasteiger partial charge in [0, 0.05) is 6.54 Å². The highest BCUT2D eigenvalue weighted by atomic mass is 16.3. The van der Waals surface area contributed by atoms with Gasteiger partial charge in [-0.05, 0) is 24.1 Å². The van der Waals surface area contributed by atoms with Gasteiger partial charge >= 0.3 is 0 Å². The first kappa shape index (κ1) is 8.81. The quantitative estimate of drug-likeness (QED) is 0.696. The second-order valence-electron chi connectivity index (χ2n) is 2.63. The van der Waals surface area contributed by atoms with Crippen LogP contribution in [0.5, 0.6) is 5.75 Å². The SMILES string of the molecule is Cc1c(O)cccc1/C=C/CN. The molecule has 64 valence electrons. The Balaban J connectivity index is 3.00. The van der Waals surface area contributed by atoms with Crippen LogP contribution in [0.25, 0.3) is 6.08 Å². The fraction of sp³-hybridized carbons (Fsp3) is 0.200. The van der Waals surface area contributed by atoms with Gasteiger partial charge in [0.05, 0.1) is 0 Å². The van der Waals surface area contributed by atoms with Crippen LogP contribution in [0.15, 0.2) is 24.3 Å². The Labute approximate surface area is 72.3 Å². The predicted octanol–water partition coefficient (Wildman–Crippen LogP) is 1.67. The lowest BCUT2D eigenvalue weighted by Gasteiger charge is -2.01. The van der Waals surface area contributed by atoms with Gasteiger partial charge in [0.1, 0.15) is 5.75 Å². The van der Waals surface area contributed by atoms with Gasteiger partial charge in [0.15, 0.2) is 0 Å². The van der Waals surface area contributed by atoms with Crippen LogP contribution in [0, 0.1) is 6.92 Å². The molecule has 3 N–H and O–H groups in total. The maximum atomic E-state index is 9.33. The molecule has 0 saturated heterocycles. The van der Waals surface area contributed by atoms with Gasteiger partial charge in [-0.15, -0.1) is 0 Å². The highest BCUT2D eigenvalue weighted by Gasteiger charge is 1.97. The third-order valence-electron chi connectivity index (χ3n) is 1.78. The summed E-state index contributed by atoms with van der Waals surface area (Å²) in [5.41, 5.74) is 7.22. The minimum absolute atomic E-state index is 0.328. The molecular formula is C10H13NO. The summed E-state index contributed by atoms with van der Waals surface area (Å²) in [6.07, 6.45) is 3.77. The van der Waals surface area contributed by atoms with Crippen LogP contribution in [-0.4, -0.2) is 11.7 Å². The largest absolute Gasteiger partial charge is 0.508 e. The fourth-order valence-corrected chi connectivity index (χ4v) is 1.02. The van der Waals surface area contributed by atoms with Gasteiger partial charge in [-0.1, -0.05) is 24.3 Å². The zero-order chi connectivity index (χ0) is 8.97. The third-order valence-corrected chi connectivity index (χ3v) is 1.78. The van der Waals surface area contributed by atoms with Crippen LogP contribution in [-0.2, 0) is 0 Å². The smallest absolute Gasteiger partial charge is 0.119 e. The number of benzene rings is 1. The van der Waals surface area contributed by atoms with Crippen molar-refractivity contribution >= 4 is 6.08 Å². The number of hydrogen-bond donors (Lipinski definition) is 2. The Kier molecular flexibility index (Phi) is 2.88. The van der Waals surface area contributed by atoms with Crippen LogP contribution in [0.4, 0.5) is 0 Å². The predicted molar refractivity (Wildman–Crippen MR) is 50.9 cm³/mol. The molecule has 0 unspecified atom stereocenters. The van der Waals surface area contributed by atoms with E-state index in [4.69, 9.17) is 5.73 Å². The molecule has 0 heterocycles. The van der Waals surface area contributed by atoms with Gasteiger partial charge in [-0.3, -0.25) is 0 Å². The molecule has 2 nitrogen and oxygen atoms in total. The fourth-order valence-electron chi connectivity index (χ4n) is 1.02. The minimum Gasteiger partial charge on any atom is -0.508 e. The maximum absolute atomic E-state index is 9.33.